The van der Waals surface area contributed by atoms with Gasteiger partial charge < -0.3 is 49.6 Å². The highest BCUT2D eigenvalue weighted by atomic mass is 16.7. The maximum absolute atomic E-state index is 10.3. The van der Waals surface area contributed by atoms with Crippen molar-refractivity contribution in [2.45, 2.75) is 82.5 Å². The van der Waals surface area contributed by atoms with Crippen LogP contribution in [0.2, 0.25) is 0 Å². The third-order valence-electron chi connectivity index (χ3n) is 5.52. The van der Waals surface area contributed by atoms with Gasteiger partial charge in [0.25, 0.3) is 0 Å². The predicted octanol–water partition coefficient (Wildman–Crippen LogP) is -1.19. The van der Waals surface area contributed by atoms with Crippen molar-refractivity contribution < 1.29 is 49.6 Å². The zero-order valence-corrected chi connectivity index (χ0v) is 18.2. The first kappa shape index (κ1) is 26.3. The largest absolute Gasteiger partial charge is 0.388 e. The monoisotopic (exact) mass is 448 g/mol. The molecule has 0 bridgehead atoms. The molecule has 2 heterocycles. The number of hydrogen-bond donors (Lipinski definition) is 6. The fourth-order valence-electron chi connectivity index (χ4n) is 3.31. The van der Waals surface area contributed by atoms with Crippen LogP contribution in [0.3, 0.4) is 0 Å². The van der Waals surface area contributed by atoms with Crippen LogP contribution in [-0.4, -0.2) is 106 Å². The first-order valence-corrected chi connectivity index (χ1v) is 10.4. The van der Waals surface area contributed by atoms with Crippen LogP contribution in [0.25, 0.3) is 0 Å². The molecule has 2 rings (SSSR count). The van der Waals surface area contributed by atoms with E-state index in [0.29, 0.717) is 6.42 Å². The van der Waals surface area contributed by atoms with E-state index >= 15 is 0 Å². The summed E-state index contributed by atoms with van der Waals surface area (Å²) >= 11 is 0. The Bertz CT molecular complexity index is 607. The van der Waals surface area contributed by atoms with Crippen molar-refractivity contribution in [1.29, 1.82) is 0 Å². The van der Waals surface area contributed by atoms with Gasteiger partial charge in [-0.05, 0) is 27.2 Å². The van der Waals surface area contributed by atoms with Crippen molar-refractivity contribution in [2.75, 3.05) is 19.8 Å². The van der Waals surface area contributed by atoms with Gasteiger partial charge in [0.1, 0.15) is 42.7 Å². The van der Waals surface area contributed by atoms with E-state index < -0.39 is 55.3 Å². The highest BCUT2D eigenvalue weighted by molar-refractivity contribution is 5.03. The highest BCUT2D eigenvalue weighted by Gasteiger charge is 2.46. The van der Waals surface area contributed by atoms with Crippen molar-refractivity contribution in [3.05, 3.63) is 23.8 Å². The molecule has 10 atom stereocenters. The van der Waals surface area contributed by atoms with Crippen molar-refractivity contribution in [2.24, 2.45) is 5.92 Å². The van der Waals surface area contributed by atoms with E-state index in [9.17, 15) is 30.6 Å². The van der Waals surface area contributed by atoms with Gasteiger partial charge in [-0.25, -0.2) is 0 Å². The molecule has 10 heteroatoms. The second kappa shape index (κ2) is 11.8. The summed E-state index contributed by atoms with van der Waals surface area (Å²) < 4.78 is 21.8. The predicted molar refractivity (Wildman–Crippen MR) is 109 cm³/mol. The van der Waals surface area contributed by atoms with E-state index in [1.807, 2.05) is 20.8 Å². The Kier molecular flexibility index (Phi) is 10.0. The van der Waals surface area contributed by atoms with Crippen molar-refractivity contribution in [1.82, 2.24) is 0 Å². The van der Waals surface area contributed by atoms with Gasteiger partial charge in [-0.1, -0.05) is 23.8 Å². The molecule has 2 fully saturated rings. The van der Waals surface area contributed by atoms with E-state index in [2.05, 4.69) is 12.7 Å². The summed E-state index contributed by atoms with van der Waals surface area (Å²) in [6.45, 7) is 9.43. The molecule has 1 unspecified atom stereocenters. The van der Waals surface area contributed by atoms with Crippen LogP contribution in [-0.2, 0) is 18.9 Å². The van der Waals surface area contributed by atoms with Crippen LogP contribution in [0.4, 0.5) is 0 Å². The number of hydrogen-bond acceptors (Lipinski definition) is 10. The van der Waals surface area contributed by atoms with E-state index in [0.717, 1.165) is 11.1 Å². The molecule has 31 heavy (non-hydrogen) atoms. The Labute approximate surface area is 182 Å². The maximum Gasteiger partial charge on any atom is 0.186 e. The van der Waals surface area contributed by atoms with Gasteiger partial charge >= 0.3 is 0 Å². The van der Waals surface area contributed by atoms with Crippen molar-refractivity contribution in [3.8, 4) is 0 Å². The molecule has 10 nitrogen and oxygen atoms in total. The average Bonchev–Trinajstić information content (AvgIpc) is 2.71. The van der Waals surface area contributed by atoms with Gasteiger partial charge in [-0.2, -0.15) is 0 Å². The smallest absolute Gasteiger partial charge is 0.186 e. The summed E-state index contributed by atoms with van der Waals surface area (Å²) in [6, 6.07) is 0. The van der Waals surface area contributed by atoms with E-state index in [1.54, 1.807) is 0 Å². The van der Waals surface area contributed by atoms with Crippen LogP contribution >= 0.6 is 0 Å². The lowest BCUT2D eigenvalue weighted by Crippen LogP contribution is -2.60. The number of aliphatic hydroxyl groups excluding tert-OH is 6. The Morgan fingerprint density at radius 1 is 0.935 bits per heavy atom. The van der Waals surface area contributed by atoms with Gasteiger partial charge in [0.05, 0.1) is 19.8 Å². The third-order valence-corrected chi connectivity index (χ3v) is 5.52. The Morgan fingerprint density at radius 2 is 1.58 bits per heavy atom. The SMILES string of the molecule is C=C(C)C(CC=C(C)C)CO[C@@H]1O[C@H](CO[C@@H]2OC[C@H](O)[C@H](O)[C@H]2O)[C@@H](O)[C@H](O)[C@H]1O. The molecule has 2 saturated heterocycles. The van der Waals surface area contributed by atoms with Gasteiger partial charge in [0, 0.05) is 5.92 Å². The molecule has 0 aliphatic carbocycles. The first-order chi connectivity index (χ1) is 14.5. The summed E-state index contributed by atoms with van der Waals surface area (Å²) in [5, 5.41) is 59.9. The normalized spacial score (nSPS) is 39.7. The zero-order valence-electron chi connectivity index (χ0n) is 18.2. The Morgan fingerprint density at radius 3 is 2.19 bits per heavy atom. The number of allylic oxidation sites excluding steroid dienone is 2. The van der Waals surface area contributed by atoms with Gasteiger partial charge in [-0.15, -0.1) is 0 Å². The molecule has 0 aromatic heterocycles. The van der Waals surface area contributed by atoms with E-state index in [-0.39, 0.29) is 25.7 Å². The summed E-state index contributed by atoms with van der Waals surface area (Å²) in [7, 11) is 0. The zero-order chi connectivity index (χ0) is 23.3. The molecule has 6 N–H and O–H groups in total. The van der Waals surface area contributed by atoms with Crippen LogP contribution in [0.5, 0.6) is 0 Å². The summed E-state index contributed by atoms with van der Waals surface area (Å²) in [4.78, 5) is 0. The highest BCUT2D eigenvalue weighted by Crippen LogP contribution is 2.26. The molecule has 0 amide bonds. The summed E-state index contributed by atoms with van der Waals surface area (Å²) in [5.41, 5.74) is 2.05. The third kappa shape index (κ3) is 7.03. The fourth-order valence-corrected chi connectivity index (χ4v) is 3.31. The number of aliphatic hydroxyl groups is 6. The summed E-state index contributed by atoms with van der Waals surface area (Å²) in [5.74, 6) is -0.0249. The Hall–Kier alpha value is -0.920. The summed E-state index contributed by atoms with van der Waals surface area (Å²) in [6.07, 6.45) is -9.50. The minimum atomic E-state index is -1.54. The number of ether oxygens (including phenoxy) is 4. The topological polar surface area (TPSA) is 158 Å². The fraction of sp³-hybridized carbons (Fsp3) is 0.810. The molecular formula is C21H36O10. The Balaban J connectivity index is 1.95. The molecule has 2 aliphatic rings. The molecule has 0 radical (unpaired) electrons. The maximum atomic E-state index is 10.3. The molecule has 180 valence electrons. The standard InChI is InChI=1S/C21H36O10/c1-10(2)5-6-12(11(3)4)7-28-21-19(27)17(25)16(24)14(31-21)9-30-20-18(26)15(23)13(22)8-29-20/h5,12-27H,3,6-9H2,1-2,4H3/t12?,13-,14+,15-,16+,17-,18+,19+,20-,21+/m0/s1. The lowest BCUT2D eigenvalue weighted by molar-refractivity contribution is -0.321. The van der Waals surface area contributed by atoms with Crippen molar-refractivity contribution in [3.63, 3.8) is 0 Å². The van der Waals surface area contributed by atoms with Crippen LogP contribution in [0.1, 0.15) is 27.2 Å². The van der Waals surface area contributed by atoms with E-state index in [1.165, 1.54) is 0 Å². The second-order valence-corrected chi connectivity index (χ2v) is 8.49. The molecule has 0 spiro atoms. The molecule has 0 aromatic carbocycles. The average molecular weight is 449 g/mol. The van der Waals surface area contributed by atoms with Crippen LogP contribution in [0, 0.1) is 5.92 Å². The lowest BCUT2D eigenvalue weighted by atomic mass is 9.97. The lowest BCUT2D eigenvalue weighted by Gasteiger charge is -2.41. The quantitative estimate of drug-likeness (QED) is 0.237. The minimum Gasteiger partial charge on any atom is -0.388 e. The molecular weight excluding hydrogens is 412 g/mol. The minimum absolute atomic E-state index is 0.0249. The van der Waals surface area contributed by atoms with E-state index in [4.69, 9.17) is 18.9 Å². The van der Waals surface area contributed by atoms with Crippen LogP contribution in [0.15, 0.2) is 23.8 Å². The van der Waals surface area contributed by atoms with Gasteiger partial charge in [0.15, 0.2) is 12.6 Å². The molecule has 2 aliphatic heterocycles. The first-order valence-electron chi connectivity index (χ1n) is 10.4. The number of rotatable bonds is 9. The van der Waals surface area contributed by atoms with Crippen molar-refractivity contribution >= 4 is 0 Å². The van der Waals surface area contributed by atoms with Gasteiger partial charge in [-0.3, -0.25) is 0 Å². The molecule has 0 saturated carbocycles. The van der Waals surface area contributed by atoms with Gasteiger partial charge in [0.2, 0.25) is 0 Å². The van der Waals surface area contributed by atoms with Crippen LogP contribution < -0.4 is 0 Å². The second-order valence-electron chi connectivity index (χ2n) is 8.49. The molecule has 0 aromatic rings.